The number of piperidine rings is 6. The highest BCUT2D eigenvalue weighted by atomic mass is 19.1. The molecule has 766 valence electrons. The number of rotatable bonds is 15. The van der Waals surface area contributed by atoms with Gasteiger partial charge in [0.05, 0.1) is 66.6 Å². The molecule has 5 amide bonds. The van der Waals surface area contributed by atoms with Crippen LogP contribution < -0.4 is 27.1 Å². The van der Waals surface area contributed by atoms with Crippen molar-refractivity contribution in [3.05, 3.63) is 367 Å². The molecule has 4 aromatic heterocycles. The number of aromatic amines is 4. The number of aromatic nitrogens is 8. The van der Waals surface area contributed by atoms with Gasteiger partial charge in [-0.25, -0.2) is 38.0 Å². The summed E-state index contributed by atoms with van der Waals surface area (Å²) in [4.78, 5) is 126. The van der Waals surface area contributed by atoms with Crippen LogP contribution in [0.1, 0.15) is 264 Å². The fourth-order valence-corrected chi connectivity index (χ4v) is 24.3. The normalized spacial score (nSPS) is 17.9. The van der Waals surface area contributed by atoms with Crippen LogP contribution >= 0.6 is 0 Å². The third kappa shape index (κ3) is 22.7. The Labute approximate surface area is 858 Å². The van der Waals surface area contributed by atoms with E-state index in [4.69, 9.17) is 0 Å². The van der Waals surface area contributed by atoms with Crippen molar-refractivity contribution in [2.75, 3.05) is 83.4 Å². The zero-order chi connectivity index (χ0) is 102. The van der Waals surface area contributed by atoms with Gasteiger partial charge in [0.25, 0.3) is 45.9 Å². The molecule has 9 aliphatic rings. The van der Waals surface area contributed by atoms with Crippen molar-refractivity contribution in [3.63, 3.8) is 0 Å². The van der Waals surface area contributed by atoms with Crippen LogP contribution in [0.2, 0.25) is 0 Å². The van der Waals surface area contributed by atoms with Gasteiger partial charge in [0, 0.05) is 137 Å². The van der Waals surface area contributed by atoms with Crippen molar-refractivity contribution >= 4 is 78.3 Å². The lowest BCUT2D eigenvalue weighted by atomic mass is 9.64. The second-order valence-corrected chi connectivity index (χ2v) is 43.0. The summed E-state index contributed by atoms with van der Waals surface area (Å²) < 4.78 is 59.2. The molecule has 4 N–H and O–H groups in total. The van der Waals surface area contributed by atoms with E-state index >= 15 is 0 Å². The van der Waals surface area contributed by atoms with Crippen LogP contribution in [0.3, 0.4) is 0 Å². The molecular formula is C121H130F4N14O9. The average molecular weight is 2000 g/mol. The lowest BCUT2D eigenvalue weighted by Gasteiger charge is -2.47. The Morgan fingerprint density at radius 3 is 0.845 bits per heavy atom. The molecule has 3 aliphatic carbocycles. The summed E-state index contributed by atoms with van der Waals surface area (Å²) in [5.74, 6) is -1.81. The van der Waals surface area contributed by atoms with Crippen molar-refractivity contribution in [1.82, 2.24) is 65.3 Å². The molecule has 148 heavy (non-hydrogen) atoms. The number of amides is 5. The number of anilines is 1. The van der Waals surface area contributed by atoms with Gasteiger partial charge in [-0.15, -0.1) is 0 Å². The molecule has 27 heteroatoms. The second kappa shape index (κ2) is 44.3. The molecule has 0 atom stereocenters. The van der Waals surface area contributed by atoms with Gasteiger partial charge in [-0.1, -0.05) is 171 Å². The Hall–Kier alpha value is -14.4. The van der Waals surface area contributed by atoms with Crippen LogP contribution in [-0.2, 0) is 30.5 Å². The van der Waals surface area contributed by atoms with Gasteiger partial charge < -0.3 is 29.4 Å². The highest BCUT2D eigenvalue weighted by Gasteiger charge is 2.46. The molecule has 10 heterocycles. The number of carbonyl (C=O) groups is 5. The van der Waals surface area contributed by atoms with Crippen LogP contribution in [0.4, 0.5) is 23.2 Å². The van der Waals surface area contributed by atoms with E-state index in [0.29, 0.717) is 145 Å². The Morgan fingerprint density at radius 2 is 0.554 bits per heavy atom. The molecule has 0 radical (unpaired) electrons. The molecule has 23 nitrogen and oxygen atoms in total. The maximum absolute atomic E-state index is 14.9. The molecular weight excluding hydrogens is 1870 g/mol. The first-order chi connectivity index (χ1) is 71.3. The minimum absolute atomic E-state index is 0. The van der Waals surface area contributed by atoms with E-state index < -0.39 is 23.3 Å². The lowest BCUT2D eigenvalue weighted by molar-refractivity contribution is -0.135. The summed E-state index contributed by atoms with van der Waals surface area (Å²) >= 11 is 0. The van der Waals surface area contributed by atoms with Crippen molar-refractivity contribution in [3.8, 4) is 0 Å². The van der Waals surface area contributed by atoms with E-state index in [1.165, 1.54) is 104 Å². The number of carbonyl (C=O) groups excluding carboxylic acids is 5. The van der Waals surface area contributed by atoms with E-state index in [9.17, 15) is 60.7 Å². The van der Waals surface area contributed by atoms with Crippen molar-refractivity contribution < 1.29 is 41.5 Å². The number of hydrogen-bond donors (Lipinski definition) is 4. The second-order valence-electron chi connectivity index (χ2n) is 43.0. The number of fused-ring (bicyclic) bond motifs is 4. The summed E-state index contributed by atoms with van der Waals surface area (Å²) in [6.45, 7) is 13.2. The first kappa shape index (κ1) is 102. The summed E-state index contributed by atoms with van der Waals surface area (Å²) in [5.41, 5.74) is 11.7. The third-order valence-electron chi connectivity index (χ3n) is 33.9. The van der Waals surface area contributed by atoms with Gasteiger partial charge in [0.15, 0.2) is 0 Å². The van der Waals surface area contributed by atoms with Gasteiger partial charge in [-0.3, -0.25) is 43.2 Å². The minimum atomic E-state index is -0.528. The third-order valence-corrected chi connectivity index (χ3v) is 33.9. The van der Waals surface area contributed by atoms with Gasteiger partial charge in [0.1, 0.15) is 23.3 Å². The Balaban J connectivity index is 0.000000124. The maximum atomic E-state index is 14.9. The zero-order valence-electron chi connectivity index (χ0n) is 83.7. The van der Waals surface area contributed by atoms with E-state index in [2.05, 4.69) is 108 Å². The number of aryl methyl sites for hydroxylation is 2. The topological polar surface area (TPSA) is 288 Å². The molecule has 3 saturated carbocycles. The molecule has 9 fully saturated rings. The van der Waals surface area contributed by atoms with Gasteiger partial charge in [-0.05, 0) is 283 Å². The molecule has 6 saturated heterocycles. The smallest absolute Gasteiger partial charge is 0.272 e. The van der Waals surface area contributed by atoms with E-state index in [-0.39, 0.29) is 92.3 Å². The number of nitrogens with zero attached hydrogens (tertiary/aromatic N) is 10. The quantitative estimate of drug-likeness (QED) is 0.0695. The molecule has 10 aromatic carbocycles. The largest absolute Gasteiger partial charge is 0.371 e. The van der Waals surface area contributed by atoms with Crippen LogP contribution in [0, 0.1) is 64.7 Å². The number of nitrogens with one attached hydrogen (secondary N) is 4. The van der Waals surface area contributed by atoms with E-state index in [1.54, 1.807) is 83.8 Å². The highest BCUT2D eigenvalue weighted by Crippen LogP contribution is 2.51. The van der Waals surface area contributed by atoms with E-state index in [1.807, 2.05) is 86.3 Å². The number of hydrogen-bond acceptors (Lipinski definition) is 14. The van der Waals surface area contributed by atoms with E-state index in [0.717, 1.165) is 160 Å². The molecule has 23 rings (SSSR count). The van der Waals surface area contributed by atoms with Crippen molar-refractivity contribution in [1.29, 1.82) is 0 Å². The predicted octanol–water partition coefficient (Wildman–Crippen LogP) is 21.4. The molecule has 14 aromatic rings. The number of benzene rings is 10. The summed E-state index contributed by atoms with van der Waals surface area (Å²) in [7, 11) is 0. The number of H-pyrrole nitrogens is 4. The summed E-state index contributed by atoms with van der Waals surface area (Å²) in [6, 6.07) is 65.5. The lowest BCUT2D eigenvalue weighted by Crippen LogP contribution is -2.49. The molecule has 0 unspecified atom stereocenters. The van der Waals surface area contributed by atoms with Crippen molar-refractivity contribution in [2.24, 2.45) is 27.6 Å². The average Bonchev–Trinajstić information content (AvgIpc) is 1.06. The fraction of sp³-hybridized carbons (Fsp3) is 0.397. The van der Waals surface area contributed by atoms with Crippen molar-refractivity contribution in [2.45, 2.75) is 201 Å². The minimum Gasteiger partial charge on any atom is -0.371 e. The predicted molar refractivity (Wildman–Crippen MR) is 570 cm³/mol. The summed E-state index contributed by atoms with van der Waals surface area (Å²) in [6.07, 6.45) is 26.7. The number of halogens is 4. The first-order valence-electron chi connectivity index (χ1n) is 52.6. The highest BCUT2D eigenvalue weighted by molar-refractivity contribution is 5.98. The fourth-order valence-electron chi connectivity index (χ4n) is 24.3. The summed E-state index contributed by atoms with van der Waals surface area (Å²) in [5, 5.41) is 32.3. The maximum Gasteiger partial charge on any atom is 0.272 e. The standard InChI is InChI=1S/C33H34FN3O2.C32H33FN4O2.C29H31FN4O3.C26H28FN3O2.CH4/c1-22-6-9-24(10-7-22)25-12-14-33(15-13-25)16-18-37(19-17-33)32(39)28-20-23(8-11-29(28)34)21-30-26-4-2-3-5-27(26)31(38)36-35-30;1-22-6-9-24(10-7-22)36-16-12-32(13-17-36)14-18-37(19-15-32)31(39)27-20-23(8-11-28(27)33)21-29-25-4-2-3-5-26(25)30(38)35-34-29;30-24-8-5-19(18-25-21-3-1-2-4-22(21)26(35)32-31-25)17-23(24)28(37)34-15-11-29(12-16-34)9-13-33(14-10-29)27(36)20-6-7-20;27-22-9-8-18(17-23-19-6-2-3-7-20(19)24(31)29-28-23)16-21(22)25(32)30-14-12-26(13-15-30)10-4-1-5-11-26;/h2-11,20,25H,12-19,21H2,1H3,(H,36,38);2-11,20H,12-19,21H2,1H3,(H,35,38);1-5,8,17,20H,6-7,9-16,18H2,(H,32,35);2-3,6-9,16H,1,4-5,10-15,17H2,(H,29,31);1H4. The number of likely N-dealkylation sites (tertiary alicyclic amines) is 5. The first-order valence-corrected chi connectivity index (χ1v) is 52.6. The van der Waals surface area contributed by atoms with Crippen LogP contribution in [-0.4, -0.2) is 173 Å². The molecule has 0 bridgehead atoms. The van der Waals surface area contributed by atoms with Crippen LogP contribution in [0.15, 0.2) is 238 Å². The monoisotopic (exact) mass is 2000 g/mol. The SMILES string of the molecule is C.Cc1ccc(C2CCC3(CC2)CCN(C(=O)c2cc(Cc4n[nH]c(=O)c5ccccc45)ccc2F)CC3)cc1.Cc1ccc(N2CCC3(CCN(C(=O)c4cc(Cc5n[nH]c(=O)c6ccccc56)ccc4F)CC3)CC2)cc1.O=C(c1cc(Cc2n[nH]c(=O)c3ccccc23)ccc1F)N1CCC2(CC1)CCN(C(=O)C1CC1)CC2.O=C(c1cc(Cc2n[nH]c(=O)c3ccccc23)ccc1F)N1CCC2(CCCCC2)CC1. The Morgan fingerprint density at radius 1 is 0.297 bits per heavy atom. The van der Waals surface area contributed by atoms with Crippen LogP contribution in [0.5, 0.6) is 0 Å². The van der Waals surface area contributed by atoms with Gasteiger partial charge in [-0.2, -0.15) is 20.4 Å². The van der Waals surface area contributed by atoms with Gasteiger partial charge >= 0.3 is 0 Å². The van der Waals surface area contributed by atoms with Gasteiger partial charge in [0.2, 0.25) is 5.91 Å². The Kier molecular flexibility index (Phi) is 30.6. The zero-order valence-corrected chi connectivity index (χ0v) is 83.7. The Bertz CT molecular complexity index is 7260. The molecule has 6 aliphatic heterocycles. The molecule has 4 spiro atoms. The van der Waals surface area contributed by atoms with Crippen LogP contribution in [0.25, 0.3) is 43.1 Å².